The van der Waals surface area contributed by atoms with Gasteiger partial charge in [-0.05, 0) is 39.5 Å². The monoisotopic (exact) mass is 241 g/mol. The first-order valence-corrected chi connectivity index (χ1v) is 5.92. The van der Waals surface area contributed by atoms with Gasteiger partial charge in [-0.25, -0.2) is 0 Å². The molecule has 0 amide bonds. The molecule has 0 aromatic heterocycles. The van der Waals surface area contributed by atoms with Crippen LogP contribution in [0, 0.1) is 17.8 Å². The Morgan fingerprint density at radius 1 is 1.41 bits per heavy atom. The summed E-state index contributed by atoms with van der Waals surface area (Å²) in [5.74, 6) is -1.76. The first-order valence-electron chi connectivity index (χ1n) is 5.92. The van der Waals surface area contributed by atoms with Crippen LogP contribution >= 0.6 is 0 Å². The zero-order valence-electron chi connectivity index (χ0n) is 10.4. The minimum Gasteiger partial charge on any atom is -0.480 e. The molecule has 5 nitrogen and oxygen atoms in total. The molecule has 5 heteroatoms. The van der Waals surface area contributed by atoms with Gasteiger partial charge in [0.05, 0.1) is 5.92 Å². The Bertz CT molecular complexity index is 373. The highest BCUT2D eigenvalue weighted by atomic mass is 16.6. The Balaban J connectivity index is 2.05. The molecule has 0 saturated heterocycles. The third-order valence-electron chi connectivity index (χ3n) is 3.73. The lowest BCUT2D eigenvalue weighted by Crippen LogP contribution is -2.49. The van der Waals surface area contributed by atoms with Crippen LogP contribution in [-0.4, -0.2) is 28.2 Å². The van der Waals surface area contributed by atoms with Crippen molar-refractivity contribution in [1.29, 1.82) is 0 Å². The van der Waals surface area contributed by atoms with Crippen LogP contribution in [0.4, 0.5) is 0 Å². The standard InChI is InChI=1S/C12H19NO4/c1-11(2,3)17-9(14)7-6-4-5-12(13,8(6)7)10(15)16/h6-8H,4-5,13H2,1-3H3,(H,15,16)/t6-,7-,8-,12-/m0/s1. The van der Waals surface area contributed by atoms with E-state index in [2.05, 4.69) is 0 Å². The number of esters is 1. The fourth-order valence-electron chi connectivity index (χ4n) is 2.95. The van der Waals surface area contributed by atoms with E-state index in [0.29, 0.717) is 12.8 Å². The van der Waals surface area contributed by atoms with Crippen molar-refractivity contribution in [3.05, 3.63) is 0 Å². The molecule has 0 unspecified atom stereocenters. The van der Waals surface area contributed by atoms with E-state index >= 15 is 0 Å². The van der Waals surface area contributed by atoms with Crippen molar-refractivity contribution in [2.45, 2.75) is 44.8 Å². The highest BCUT2D eigenvalue weighted by Gasteiger charge is 2.70. The number of fused-ring (bicyclic) bond motifs is 1. The number of rotatable bonds is 2. The molecule has 0 radical (unpaired) electrons. The second kappa shape index (κ2) is 3.45. The Morgan fingerprint density at radius 3 is 2.47 bits per heavy atom. The molecule has 0 bridgehead atoms. The molecule has 0 aromatic rings. The highest BCUT2D eigenvalue weighted by Crippen LogP contribution is 2.62. The lowest BCUT2D eigenvalue weighted by molar-refractivity contribution is -0.158. The molecule has 0 heterocycles. The molecule has 17 heavy (non-hydrogen) atoms. The van der Waals surface area contributed by atoms with Crippen molar-refractivity contribution in [3.63, 3.8) is 0 Å². The van der Waals surface area contributed by atoms with Crippen LogP contribution in [0.25, 0.3) is 0 Å². The van der Waals surface area contributed by atoms with E-state index in [1.807, 2.05) is 0 Å². The summed E-state index contributed by atoms with van der Waals surface area (Å²) < 4.78 is 5.28. The first kappa shape index (κ1) is 12.4. The number of nitrogens with two attached hydrogens (primary N) is 1. The predicted octanol–water partition coefficient (Wildman–Crippen LogP) is 0.766. The Labute approximate surface area is 100 Å². The summed E-state index contributed by atoms with van der Waals surface area (Å²) in [4.78, 5) is 23.0. The number of aliphatic carboxylic acids is 1. The number of ether oxygens (including phenoxy) is 1. The lowest BCUT2D eigenvalue weighted by Gasteiger charge is -2.24. The Hall–Kier alpha value is -1.10. The van der Waals surface area contributed by atoms with E-state index in [4.69, 9.17) is 15.6 Å². The molecule has 0 spiro atoms. The van der Waals surface area contributed by atoms with Gasteiger partial charge in [0.1, 0.15) is 11.1 Å². The molecule has 2 fully saturated rings. The molecule has 2 rings (SSSR count). The van der Waals surface area contributed by atoms with Gasteiger partial charge in [0.25, 0.3) is 0 Å². The number of hydrogen-bond acceptors (Lipinski definition) is 4. The Morgan fingerprint density at radius 2 is 2.00 bits per heavy atom. The summed E-state index contributed by atoms with van der Waals surface area (Å²) in [6.45, 7) is 5.40. The maximum absolute atomic E-state index is 11.9. The van der Waals surface area contributed by atoms with Gasteiger partial charge in [-0.3, -0.25) is 9.59 Å². The molecule has 3 N–H and O–H groups in total. The van der Waals surface area contributed by atoms with E-state index in [-0.39, 0.29) is 23.7 Å². The van der Waals surface area contributed by atoms with Gasteiger partial charge >= 0.3 is 11.9 Å². The molecule has 2 aliphatic rings. The second-order valence-corrected chi connectivity index (χ2v) is 6.13. The number of carboxylic acids is 1. The average Bonchev–Trinajstić information content (AvgIpc) is 2.77. The van der Waals surface area contributed by atoms with Crippen LogP contribution < -0.4 is 5.73 Å². The predicted molar refractivity (Wildman–Crippen MR) is 60.1 cm³/mol. The highest BCUT2D eigenvalue weighted by molar-refractivity contribution is 5.85. The quantitative estimate of drug-likeness (QED) is 0.697. The van der Waals surface area contributed by atoms with Crippen LogP contribution in [0.15, 0.2) is 0 Å². The van der Waals surface area contributed by atoms with Gasteiger partial charge < -0.3 is 15.6 Å². The fourth-order valence-corrected chi connectivity index (χ4v) is 2.95. The Kier molecular flexibility index (Phi) is 2.51. The van der Waals surface area contributed by atoms with Crippen molar-refractivity contribution in [1.82, 2.24) is 0 Å². The fraction of sp³-hybridized carbons (Fsp3) is 0.833. The van der Waals surface area contributed by atoms with Crippen LogP contribution in [0.1, 0.15) is 33.6 Å². The van der Waals surface area contributed by atoms with Crippen molar-refractivity contribution in [2.75, 3.05) is 0 Å². The van der Waals surface area contributed by atoms with Crippen molar-refractivity contribution in [2.24, 2.45) is 23.5 Å². The minimum atomic E-state index is -1.23. The van der Waals surface area contributed by atoms with Crippen LogP contribution in [0.2, 0.25) is 0 Å². The maximum atomic E-state index is 11.9. The van der Waals surface area contributed by atoms with E-state index in [9.17, 15) is 9.59 Å². The molecular formula is C12H19NO4. The lowest BCUT2D eigenvalue weighted by atomic mass is 9.92. The van der Waals surface area contributed by atoms with Crippen LogP contribution in [0.3, 0.4) is 0 Å². The third kappa shape index (κ3) is 1.92. The van der Waals surface area contributed by atoms with E-state index < -0.39 is 17.1 Å². The maximum Gasteiger partial charge on any atom is 0.324 e. The molecule has 0 aromatic carbocycles. The average molecular weight is 241 g/mol. The number of carboxylic acid groups (broad SMARTS) is 1. The number of hydrogen-bond donors (Lipinski definition) is 2. The first-order chi connectivity index (χ1) is 7.67. The molecule has 2 saturated carbocycles. The van der Waals surface area contributed by atoms with Crippen molar-refractivity contribution < 1.29 is 19.4 Å². The molecule has 96 valence electrons. The van der Waals surface area contributed by atoms with Crippen LogP contribution in [0.5, 0.6) is 0 Å². The van der Waals surface area contributed by atoms with Gasteiger partial charge in [-0.1, -0.05) is 0 Å². The molecule has 0 aliphatic heterocycles. The zero-order chi connectivity index (χ0) is 13.0. The van der Waals surface area contributed by atoms with Crippen molar-refractivity contribution >= 4 is 11.9 Å². The SMILES string of the molecule is CC(C)(C)OC(=O)[C@H]1[C@@H]2CC[C@@](N)(C(=O)O)[C@@H]21. The van der Waals surface area contributed by atoms with Gasteiger partial charge in [0, 0.05) is 5.92 Å². The summed E-state index contributed by atoms with van der Waals surface area (Å²) in [6.07, 6.45) is 1.16. The van der Waals surface area contributed by atoms with Crippen molar-refractivity contribution in [3.8, 4) is 0 Å². The normalized spacial score (nSPS) is 39.6. The van der Waals surface area contributed by atoms with E-state index in [1.54, 1.807) is 20.8 Å². The third-order valence-corrected chi connectivity index (χ3v) is 3.73. The van der Waals surface area contributed by atoms with Gasteiger partial charge in [-0.15, -0.1) is 0 Å². The summed E-state index contributed by atoms with van der Waals surface area (Å²) in [5.41, 5.74) is 4.11. The summed E-state index contributed by atoms with van der Waals surface area (Å²) >= 11 is 0. The number of carbonyl (C=O) groups excluding carboxylic acids is 1. The smallest absolute Gasteiger partial charge is 0.324 e. The number of carbonyl (C=O) groups is 2. The van der Waals surface area contributed by atoms with Gasteiger partial charge in [0.2, 0.25) is 0 Å². The summed E-state index contributed by atoms with van der Waals surface area (Å²) in [7, 11) is 0. The van der Waals surface area contributed by atoms with Crippen LogP contribution in [-0.2, 0) is 14.3 Å². The summed E-state index contributed by atoms with van der Waals surface area (Å²) in [6, 6.07) is 0. The topological polar surface area (TPSA) is 89.6 Å². The zero-order valence-corrected chi connectivity index (χ0v) is 10.4. The van der Waals surface area contributed by atoms with Gasteiger partial charge in [-0.2, -0.15) is 0 Å². The molecule has 2 aliphatic carbocycles. The minimum absolute atomic E-state index is 0.103. The molecular weight excluding hydrogens is 222 g/mol. The van der Waals surface area contributed by atoms with Gasteiger partial charge in [0.15, 0.2) is 0 Å². The molecule has 4 atom stereocenters. The largest absolute Gasteiger partial charge is 0.480 e. The van der Waals surface area contributed by atoms with E-state index in [1.165, 1.54) is 0 Å². The van der Waals surface area contributed by atoms with E-state index in [0.717, 1.165) is 0 Å². The summed E-state index contributed by atoms with van der Waals surface area (Å²) in [5, 5.41) is 9.12. The second-order valence-electron chi connectivity index (χ2n) is 6.13.